The smallest absolute Gasteiger partial charge is 0.274 e. The minimum absolute atomic E-state index is 0.0961. The number of hydrogen-bond donors (Lipinski definition) is 0. The molecule has 1 saturated heterocycles. The van der Waals surface area contributed by atoms with E-state index in [4.69, 9.17) is 0 Å². The highest BCUT2D eigenvalue weighted by Crippen LogP contribution is 2.70. The third-order valence-corrected chi connectivity index (χ3v) is 8.89. The average molecular weight is 476 g/mol. The van der Waals surface area contributed by atoms with Crippen LogP contribution in [0.2, 0.25) is 0 Å². The van der Waals surface area contributed by atoms with Crippen molar-refractivity contribution >= 4 is 5.91 Å². The zero-order valence-electron chi connectivity index (χ0n) is 19.8. The lowest BCUT2D eigenvalue weighted by Gasteiger charge is -2.48. The molecule has 35 heavy (non-hydrogen) atoms. The molecule has 180 valence electrons. The molecule has 3 atom stereocenters. The number of benzene rings is 1. The lowest BCUT2D eigenvalue weighted by molar-refractivity contribution is 0.0418. The first kappa shape index (κ1) is 22.2. The van der Waals surface area contributed by atoms with Gasteiger partial charge in [0.2, 0.25) is 0 Å². The maximum absolute atomic E-state index is 14.5. The minimum atomic E-state index is -0.637. The van der Waals surface area contributed by atoms with Gasteiger partial charge in [-0.15, -0.1) is 5.10 Å². The van der Waals surface area contributed by atoms with Crippen molar-refractivity contribution in [2.24, 2.45) is 11.3 Å². The van der Waals surface area contributed by atoms with E-state index < -0.39 is 11.6 Å². The molecule has 1 aromatic carbocycles. The number of carbonyl (C=O) groups excluding carboxylic acids is 1. The topological polar surface area (TPSA) is 71.9 Å². The molecule has 0 radical (unpaired) electrons. The molecule has 1 amide bonds. The molecule has 1 unspecified atom stereocenters. The van der Waals surface area contributed by atoms with Crippen LogP contribution in [-0.2, 0) is 5.41 Å². The van der Waals surface area contributed by atoms with Gasteiger partial charge in [0.05, 0.1) is 17.0 Å². The van der Waals surface area contributed by atoms with Crippen LogP contribution in [0.5, 0.6) is 0 Å². The molecule has 0 spiro atoms. The summed E-state index contributed by atoms with van der Waals surface area (Å²) in [6.45, 7) is 5.87. The van der Waals surface area contributed by atoms with Crippen molar-refractivity contribution in [2.75, 3.05) is 13.1 Å². The molecule has 2 bridgehead atoms. The Morgan fingerprint density at radius 3 is 2.60 bits per heavy atom. The van der Waals surface area contributed by atoms with E-state index in [0.29, 0.717) is 18.8 Å². The highest BCUT2D eigenvalue weighted by atomic mass is 19.1. The number of fused-ring (bicyclic) bond motifs is 5. The van der Waals surface area contributed by atoms with Crippen LogP contribution >= 0.6 is 0 Å². The predicted octanol–water partition coefficient (Wildman–Crippen LogP) is 4.92. The van der Waals surface area contributed by atoms with Crippen LogP contribution in [0.1, 0.15) is 67.2 Å². The predicted molar refractivity (Wildman–Crippen MR) is 125 cm³/mol. The van der Waals surface area contributed by atoms with Gasteiger partial charge in [-0.2, -0.15) is 15.3 Å². The number of halogens is 2. The van der Waals surface area contributed by atoms with Gasteiger partial charge in [0, 0.05) is 24.7 Å². The second-order valence-electron chi connectivity index (χ2n) is 10.6. The first-order valence-corrected chi connectivity index (χ1v) is 12.2. The lowest BCUT2D eigenvalue weighted by Crippen LogP contribution is -2.51. The second-order valence-corrected chi connectivity index (χ2v) is 10.6. The van der Waals surface area contributed by atoms with Gasteiger partial charge in [0.15, 0.2) is 5.69 Å². The maximum Gasteiger partial charge on any atom is 0.274 e. The molecule has 8 heteroatoms. The van der Waals surface area contributed by atoms with E-state index in [1.54, 1.807) is 18.3 Å². The summed E-state index contributed by atoms with van der Waals surface area (Å²) < 4.78 is 29.0. The Balaban J connectivity index is 1.39. The van der Waals surface area contributed by atoms with Gasteiger partial charge in [-0.1, -0.05) is 19.9 Å². The van der Waals surface area contributed by atoms with E-state index in [1.807, 2.05) is 11.0 Å². The van der Waals surface area contributed by atoms with Crippen molar-refractivity contribution in [2.45, 2.75) is 50.9 Å². The van der Waals surface area contributed by atoms with E-state index in [0.717, 1.165) is 36.9 Å². The standard InChI is InChI=1S/C27H27F2N5O/c1-26(2)18-10-11-27(26,16-6-5-13-34(15-16)25(35)21-9-4-12-30-31-21)24-17(18)14-22(32-33-24)23-19(28)7-3-8-20(23)29/h3-4,7-9,12,14,16,18H,5-6,10-11,13,15H2,1-2H3/t16-,18-,27?/m0/s1. The minimum Gasteiger partial charge on any atom is -0.337 e. The zero-order valence-corrected chi connectivity index (χ0v) is 19.8. The second kappa shape index (κ2) is 7.86. The summed E-state index contributed by atoms with van der Waals surface area (Å²) in [7, 11) is 0. The van der Waals surface area contributed by atoms with Gasteiger partial charge in [0.1, 0.15) is 11.6 Å². The molecule has 0 N–H and O–H groups in total. The molecule has 6 nitrogen and oxygen atoms in total. The van der Waals surface area contributed by atoms with Crippen LogP contribution in [0.4, 0.5) is 8.78 Å². The molecule has 2 fully saturated rings. The molecule has 6 rings (SSSR count). The van der Waals surface area contributed by atoms with Gasteiger partial charge < -0.3 is 4.90 Å². The van der Waals surface area contributed by atoms with Crippen molar-refractivity contribution in [3.63, 3.8) is 0 Å². The van der Waals surface area contributed by atoms with Gasteiger partial charge in [0.25, 0.3) is 5.91 Å². The van der Waals surface area contributed by atoms with E-state index in [1.165, 1.54) is 18.2 Å². The molecular weight excluding hydrogens is 448 g/mol. The maximum atomic E-state index is 14.5. The van der Waals surface area contributed by atoms with Crippen LogP contribution in [0.25, 0.3) is 11.3 Å². The Morgan fingerprint density at radius 2 is 1.86 bits per heavy atom. The number of likely N-dealkylation sites (tertiary alicyclic amines) is 1. The lowest BCUT2D eigenvalue weighted by atomic mass is 9.59. The van der Waals surface area contributed by atoms with Crippen LogP contribution < -0.4 is 0 Å². The monoisotopic (exact) mass is 475 g/mol. The van der Waals surface area contributed by atoms with Crippen molar-refractivity contribution in [3.05, 3.63) is 71.2 Å². The first-order valence-electron chi connectivity index (χ1n) is 12.2. The van der Waals surface area contributed by atoms with Gasteiger partial charge in [-0.25, -0.2) is 8.78 Å². The Kier molecular flexibility index (Phi) is 4.99. The summed E-state index contributed by atoms with van der Waals surface area (Å²) in [6.07, 6.45) is 5.41. The summed E-state index contributed by atoms with van der Waals surface area (Å²) in [5.41, 5.74) is 2.10. The fourth-order valence-electron chi connectivity index (χ4n) is 7.28. The number of nitrogens with zero attached hydrogens (tertiary/aromatic N) is 5. The molecule has 3 aromatic rings. The fraction of sp³-hybridized carbons (Fsp3) is 0.444. The Labute approximate surface area is 202 Å². The number of piperidine rings is 1. The Bertz CT molecular complexity index is 1290. The van der Waals surface area contributed by atoms with E-state index in [2.05, 4.69) is 34.2 Å². The van der Waals surface area contributed by atoms with Gasteiger partial charge in [-0.3, -0.25) is 4.79 Å². The third kappa shape index (κ3) is 3.08. The molecule has 3 heterocycles. The Hall–Kier alpha value is -3.29. The van der Waals surface area contributed by atoms with Crippen molar-refractivity contribution in [1.29, 1.82) is 0 Å². The Morgan fingerprint density at radius 1 is 1.06 bits per heavy atom. The molecule has 1 saturated carbocycles. The number of hydrogen-bond acceptors (Lipinski definition) is 5. The van der Waals surface area contributed by atoms with Gasteiger partial charge in [-0.05, 0) is 78.8 Å². The summed E-state index contributed by atoms with van der Waals surface area (Å²) >= 11 is 0. The van der Waals surface area contributed by atoms with E-state index in [9.17, 15) is 13.6 Å². The summed E-state index contributed by atoms with van der Waals surface area (Å²) in [5.74, 6) is -0.930. The largest absolute Gasteiger partial charge is 0.337 e. The van der Waals surface area contributed by atoms with Crippen LogP contribution in [0, 0.1) is 23.0 Å². The molecule has 2 aliphatic carbocycles. The number of carbonyl (C=O) groups is 1. The molecule has 3 aliphatic rings. The average Bonchev–Trinajstić information content (AvgIpc) is 3.25. The van der Waals surface area contributed by atoms with Crippen LogP contribution in [-0.4, -0.2) is 44.3 Å². The highest BCUT2D eigenvalue weighted by Gasteiger charge is 2.66. The fourth-order valence-corrected chi connectivity index (χ4v) is 7.28. The summed E-state index contributed by atoms with van der Waals surface area (Å²) in [6, 6.07) is 9.12. The number of amides is 1. The van der Waals surface area contributed by atoms with E-state index >= 15 is 0 Å². The van der Waals surface area contributed by atoms with E-state index in [-0.39, 0.29) is 39.8 Å². The third-order valence-electron chi connectivity index (χ3n) is 8.89. The first-order chi connectivity index (χ1) is 16.8. The SMILES string of the molecule is CC1(C)[C@H]2CCC1([C@H]1CCCN(C(=O)c3cccnn3)C1)c1nnc(-c3c(F)cccc3F)cc12. The molecule has 2 aromatic heterocycles. The molecule has 1 aliphatic heterocycles. The molecular formula is C27H27F2N5O. The van der Waals surface area contributed by atoms with Crippen molar-refractivity contribution < 1.29 is 13.6 Å². The summed E-state index contributed by atoms with van der Waals surface area (Å²) in [5, 5.41) is 16.9. The normalized spacial score (nSPS) is 26.6. The van der Waals surface area contributed by atoms with Crippen LogP contribution in [0.15, 0.2) is 42.6 Å². The zero-order chi connectivity index (χ0) is 24.4. The number of rotatable bonds is 3. The van der Waals surface area contributed by atoms with Crippen molar-refractivity contribution in [3.8, 4) is 11.3 Å². The number of aromatic nitrogens is 4. The highest BCUT2D eigenvalue weighted by molar-refractivity contribution is 5.92. The van der Waals surface area contributed by atoms with Crippen molar-refractivity contribution in [1.82, 2.24) is 25.3 Å². The summed E-state index contributed by atoms with van der Waals surface area (Å²) in [4.78, 5) is 15.1. The van der Waals surface area contributed by atoms with Crippen LogP contribution in [0.3, 0.4) is 0 Å². The quantitative estimate of drug-likeness (QED) is 0.538. The van der Waals surface area contributed by atoms with Gasteiger partial charge >= 0.3 is 0 Å².